The second-order valence-electron chi connectivity index (χ2n) is 3.76. The van der Waals surface area contributed by atoms with Crippen molar-refractivity contribution in [3.05, 3.63) is 29.8 Å². The first-order valence-electron chi connectivity index (χ1n) is 5.19. The molecule has 0 heterocycles. The number of hydrogen-bond acceptors (Lipinski definition) is 2. The van der Waals surface area contributed by atoms with Gasteiger partial charge in [-0.2, -0.15) is 13.2 Å². The summed E-state index contributed by atoms with van der Waals surface area (Å²) in [4.78, 5) is 11.2. The Hall–Kier alpha value is -1.76. The Bertz CT molecular complexity index is 402. The minimum absolute atomic E-state index is 0.0620. The van der Waals surface area contributed by atoms with Gasteiger partial charge in [0, 0.05) is 12.2 Å². The van der Waals surface area contributed by atoms with Gasteiger partial charge in [0.05, 0.1) is 11.7 Å². The zero-order valence-corrected chi connectivity index (χ0v) is 9.58. The summed E-state index contributed by atoms with van der Waals surface area (Å²) < 4.78 is 36.8. The van der Waals surface area contributed by atoms with Crippen LogP contribution in [0.1, 0.15) is 12.5 Å². The number of urea groups is 1. The van der Waals surface area contributed by atoms with Crippen LogP contribution < -0.4 is 10.6 Å². The topological polar surface area (TPSA) is 61.4 Å². The van der Waals surface area contributed by atoms with Gasteiger partial charge < -0.3 is 15.7 Å². The van der Waals surface area contributed by atoms with Crippen LogP contribution in [0.3, 0.4) is 0 Å². The molecule has 3 N–H and O–H groups in total. The molecule has 2 amide bonds. The van der Waals surface area contributed by atoms with Crippen LogP contribution in [0.2, 0.25) is 0 Å². The van der Waals surface area contributed by atoms with E-state index in [4.69, 9.17) is 5.11 Å². The first-order chi connectivity index (χ1) is 8.29. The number of amides is 2. The highest BCUT2D eigenvalue weighted by molar-refractivity contribution is 5.89. The summed E-state index contributed by atoms with van der Waals surface area (Å²) in [6.45, 7) is 1.56. The Morgan fingerprint density at radius 1 is 1.33 bits per heavy atom. The van der Waals surface area contributed by atoms with Crippen molar-refractivity contribution in [2.75, 3.05) is 11.9 Å². The van der Waals surface area contributed by atoms with Crippen molar-refractivity contribution in [3.8, 4) is 0 Å². The molecule has 0 aliphatic carbocycles. The van der Waals surface area contributed by atoms with Crippen LogP contribution in [0.5, 0.6) is 0 Å². The van der Waals surface area contributed by atoms with Gasteiger partial charge in [0.2, 0.25) is 0 Å². The second kappa shape index (κ2) is 5.72. The molecule has 100 valence electrons. The van der Waals surface area contributed by atoms with E-state index in [2.05, 4.69) is 10.6 Å². The van der Waals surface area contributed by atoms with E-state index in [1.54, 1.807) is 0 Å². The molecule has 1 aromatic rings. The van der Waals surface area contributed by atoms with Gasteiger partial charge >= 0.3 is 12.2 Å². The summed E-state index contributed by atoms with van der Waals surface area (Å²) in [5.41, 5.74) is -0.538. The van der Waals surface area contributed by atoms with Crippen molar-refractivity contribution in [2.24, 2.45) is 0 Å². The molecule has 0 radical (unpaired) electrons. The van der Waals surface area contributed by atoms with Crippen LogP contribution in [-0.4, -0.2) is 23.8 Å². The molecule has 0 spiro atoms. The van der Waals surface area contributed by atoms with E-state index in [0.29, 0.717) is 0 Å². The summed E-state index contributed by atoms with van der Waals surface area (Å²) in [6.07, 6.45) is -5.09. The average molecular weight is 262 g/mol. The Morgan fingerprint density at radius 2 is 1.89 bits per heavy atom. The molecule has 1 aromatic carbocycles. The summed E-state index contributed by atoms with van der Waals surface area (Å²) in [5.74, 6) is 0. The zero-order chi connectivity index (χ0) is 13.8. The van der Waals surface area contributed by atoms with E-state index in [1.807, 2.05) is 0 Å². The third kappa shape index (κ3) is 4.62. The lowest BCUT2D eigenvalue weighted by Gasteiger charge is -2.10. The Kier molecular flexibility index (Phi) is 4.55. The van der Waals surface area contributed by atoms with Gasteiger partial charge in [-0.15, -0.1) is 0 Å². The van der Waals surface area contributed by atoms with Crippen LogP contribution >= 0.6 is 0 Å². The Morgan fingerprint density at radius 3 is 2.33 bits per heavy atom. The van der Waals surface area contributed by atoms with E-state index < -0.39 is 23.9 Å². The highest BCUT2D eigenvalue weighted by atomic mass is 19.4. The summed E-state index contributed by atoms with van der Waals surface area (Å²) in [7, 11) is 0. The third-order valence-electron chi connectivity index (χ3n) is 2.03. The molecule has 7 heteroatoms. The molecule has 1 rings (SSSR count). The van der Waals surface area contributed by atoms with E-state index in [9.17, 15) is 18.0 Å². The van der Waals surface area contributed by atoms with Gasteiger partial charge in [-0.1, -0.05) is 0 Å². The zero-order valence-electron chi connectivity index (χ0n) is 9.58. The molecule has 0 bridgehead atoms. The van der Waals surface area contributed by atoms with Gasteiger partial charge in [0.25, 0.3) is 0 Å². The average Bonchev–Trinajstić information content (AvgIpc) is 2.26. The lowest BCUT2D eigenvalue weighted by atomic mass is 10.2. The maximum absolute atomic E-state index is 12.3. The standard InChI is InChI=1S/C11H13F3N2O2/c1-7(17)6-15-10(18)16-9-4-2-8(3-5-9)11(12,13)14/h2-5,7,17H,6H2,1H3,(H2,15,16,18). The molecule has 0 fully saturated rings. The first kappa shape index (κ1) is 14.3. The minimum Gasteiger partial charge on any atom is -0.392 e. The van der Waals surface area contributed by atoms with Crippen molar-refractivity contribution in [3.63, 3.8) is 0 Å². The fourth-order valence-corrected chi connectivity index (χ4v) is 1.16. The van der Waals surface area contributed by atoms with Crippen LogP contribution in [0.4, 0.5) is 23.7 Å². The molecule has 0 aliphatic rings. The van der Waals surface area contributed by atoms with Gasteiger partial charge in [-0.05, 0) is 31.2 Å². The maximum atomic E-state index is 12.3. The van der Waals surface area contributed by atoms with Crippen LogP contribution in [0.25, 0.3) is 0 Å². The summed E-state index contributed by atoms with van der Waals surface area (Å²) in [6, 6.07) is 3.49. The molecule has 1 atom stereocenters. The van der Waals surface area contributed by atoms with Crippen LogP contribution in [0.15, 0.2) is 24.3 Å². The van der Waals surface area contributed by atoms with Crippen molar-refractivity contribution >= 4 is 11.7 Å². The highest BCUT2D eigenvalue weighted by Crippen LogP contribution is 2.29. The predicted molar refractivity (Wildman–Crippen MR) is 60.1 cm³/mol. The largest absolute Gasteiger partial charge is 0.416 e. The number of rotatable bonds is 3. The summed E-state index contributed by atoms with van der Waals surface area (Å²) in [5, 5.41) is 13.6. The van der Waals surface area contributed by atoms with Gasteiger partial charge in [-0.3, -0.25) is 0 Å². The monoisotopic (exact) mass is 262 g/mol. The molecular weight excluding hydrogens is 249 g/mol. The van der Waals surface area contributed by atoms with Crippen molar-refractivity contribution < 1.29 is 23.1 Å². The number of aliphatic hydroxyl groups excluding tert-OH is 1. The van der Waals surface area contributed by atoms with E-state index in [0.717, 1.165) is 24.3 Å². The molecule has 18 heavy (non-hydrogen) atoms. The molecule has 0 aromatic heterocycles. The summed E-state index contributed by atoms with van der Waals surface area (Å²) >= 11 is 0. The number of hydrogen-bond donors (Lipinski definition) is 3. The number of anilines is 1. The first-order valence-corrected chi connectivity index (χ1v) is 5.19. The number of alkyl halides is 3. The SMILES string of the molecule is CC(O)CNC(=O)Nc1ccc(C(F)(F)F)cc1. The van der Waals surface area contributed by atoms with E-state index in [-0.39, 0.29) is 12.2 Å². The van der Waals surface area contributed by atoms with E-state index in [1.165, 1.54) is 6.92 Å². The van der Waals surface area contributed by atoms with Crippen molar-refractivity contribution in [2.45, 2.75) is 19.2 Å². The smallest absolute Gasteiger partial charge is 0.392 e. The molecule has 0 saturated heterocycles. The normalized spacial score (nSPS) is 12.9. The number of carbonyl (C=O) groups is 1. The number of nitrogens with one attached hydrogen (secondary N) is 2. The lowest BCUT2D eigenvalue weighted by Crippen LogP contribution is -2.34. The fourth-order valence-electron chi connectivity index (χ4n) is 1.16. The predicted octanol–water partition coefficient (Wildman–Crippen LogP) is 2.21. The van der Waals surface area contributed by atoms with Gasteiger partial charge in [0.15, 0.2) is 0 Å². The minimum atomic E-state index is -4.40. The number of carbonyl (C=O) groups excluding carboxylic acids is 1. The highest BCUT2D eigenvalue weighted by Gasteiger charge is 2.29. The quantitative estimate of drug-likeness (QED) is 0.782. The van der Waals surface area contributed by atoms with Crippen molar-refractivity contribution in [1.82, 2.24) is 5.32 Å². The van der Waals surface area contributed by atoms with Crippen LogP contribution in [0, 0.1) is 0 Å². The number of halogens is 3. The Balaban J connectivity index is 2.56. The fraction of sp³-hybridized carbons (Fsp3) is 0.364. The maximum Gasteiger partial charge on any atom is 0.416 e. The number of benzene rings is 1. The molecule has 0 aliphatic heterocycles. The van der Waals surface area contributed by atoms with Gasteiger partial charge in [0.1, 0.15) is 0 Å². The lowest BCUT2D eigenvalue weighted by molar-refractivity contribution is -0.137. The third-order valence-corrected chi connectivity index (χ3v) is 2.03. The molecular formula is C11H13F3N2O2. The molecule has 4 nitrogen and oxygen atoms in total. The number of aliphatic hydroxyl groups is 1. The van der Waals surface area contributed by atoms with Gasteiger partial charge in [-0.25, -0.2) is 4.79 Å². The van der Waals surface area contributed by atoms with Crippen molar-refractivity contribution in [1.29, 1.82) is 0 Å². The van der Waals surface area contributed by atoms with Crippen LogP contribution in [-0.2, 0) is 6.18 Å². The second-order valence-corrected chi connectivity index (χ2v) is 3.76. The molecule has 1 unspecified atom stereocenters. The molecule has 0 saturated carbocycles. The van der Waals surface area contributed by atoms with E-state index >= 15 is 0 Å². The Labute approximate surface area is 102 Å².